The third-order valence-corrected chi connectivity index (χ3v) is 4.03. The summed E-state index contributed by atoms with van der Waals surface area (Å²) >= 11 is 0. The van der Waals surface area contributed by atoms with Gasteiger partial charge < -0.3 is 10.1 Å². The lowest BCUT2D eigenvalue weighted by Gasteiger charge is -2.11. The molecule has 0 unspecified atom stereocenters. The van der Waals surface area contributed by atoms with Crippen LogP contribution in [0, 0.1) is 0 Å². The third-order valence-electron chi connectivity index (χ3n) is 2.74. The monoisotopic (exact) mass is 324 g/mol. The zero-order valence-corrected chi connectivity index (χ0v) is 11.8. The second-order valence-electron chi connectivity index (χ2n) is 4.72. The molecule has 0 aliphatic heterocycles. The normalized spacial score (nSPS) is 15.8. The van der Waals surface area contributed by atoms with Gasteiger partial charge in [0, 0.05) is 18.3 Å². The average molecular weight is 324 g/mol. The number of rotatable bonds is 7. The molecule has 2 N–H and O–H groups in total. The van der Waals surface area contributed by atoms with Crippen molar-refractivity contribution in [2.24, 2.45) is 0 Å². The number of alkyl halides is 3. The molecule has 0 atom stereocenters. The molecule has 1 aliphatic carbocycles. The molecule has 9 heteroatoms. The summed E-state index contributed by atoms with van der Waals surface area (Å²) < 4.78 is 65.4. The molecule has 118 valence electrons. The Hall–Kier alpha value is -1.48. The van der Waals surface area contributed by atoms with E-state index in [0.29, 0.717) is 12.6 Å². The maximum absolute atomic E-state index is 12.0. The van der Waals surface area contributed by atoms with E-state index >= 15 is 0 Å². The number of benzene rings is 1. The molecule has 1 aromatic rings. The smallest absolute Gasteiger partial charge is 0.406 e. The Morgan fingerprint density at radius 1 is 1.19 bits per heavy atom. The van der Waals surface area contributed by atoms with Gasteiger partial charge in [-0.1, -0.05) is 0 Å². The van der Waals surface area contributed by atoms with Crippen molar-refractivity contribution < 1.29 is 26.3 Å². The Morgan fingerprint density at radius 3 is 2.33 bits per heavy atom. The van der Waals surface area contributed by atoms with Gasteiger partial charge in [-0.05, 0) is 37.1 Å². The van der Waals surface area contributed by atoms with Crippen molar-refractivity contribution >= 4 is 15.7 Å². The molecule has 1 aliphatic rings. The fraction of sp³-hybridized carbons (Fsp3) is 0.500. The molecule has 5 nitrogen and oxygen atoms in total. The van der Waals surface area contributed by atoms with Crippen molar-refractivity contribution in [2.45, 2.75) is 25.2 Å². The lowest BCUT2D eigenvalue weighted by molar-refractivity contribution is -0.274. The predicted octanol–water partition coefficient (Wildman–Crippen LogP) is 2.08. The molecule has 0 aromatic heterocycles. The van der Waals surface area contributed by atoms with Crippen LogP contribution in [0.2, 0.25) is 0 Å². The maximum atomic E-state index is 12.0. The van der Waals surface area contributed by atoms with Crippen LogP contribution in [0.3, 0.4) is 0 Å². The van der Waals surface area contributed by atoms with Crippen molar-refractivity contribution in [3.8, 4) is 5.75 Å². The van der Waals surface area contributed by atoms with Crippen LogP contribution in [0.1, 0.15) is 12.8 Å². The summed E-state index contributed by atoms with van der Waals surface area (Å²) in [6.45, 7) is 0.343. The molecule has 0 amide bonds. The number of anilines is 1. The van der Waals surface area contributed by atoms with Crippen molar-refractivity contribution in [3.63, 3.8) is 0 Å². The molecule has 0 bridgehead atoms. The summed E-state index contributed by atoms with van der Waals surface area (Å²) in [4.78, 5) is 0. The van der Waals surface area contributed by atoms with Crippen molar-refractivity contribution in [2.75, 3.05) is 17.0 Å². The molecule has 21 heavy (non-hydrogen) atoms. The van der Waals surface area contributed by atoms with Gasteiger partial charge >= 0.3 is 6.36 Å². The van der Waals surface area contributed by atoms with E-state index in [9.17, 15) is 21.6 Å². The first kappa shape index (κ1) is 15.9. The Morgan fingerprint density at radius 2 is 1.81 bits per heavy atom. The summed E-state index contributed by atoms with van der Waals surface area (Å²) in [5.41, 5.74) is 0.191. The predicted molar refractivity (Wildman–Crippen MR) is 71.6 cm³/mol. The first-order chi connectivity index (χ1) is 9.73. The number of sulfonamides is 1. The van der Waals surface area contributed by atoms with Crippen LogP contribution < -0.4 is 14.8 Å². The zero-order valence-electron chi connectivity index (χ0n) is 11.0. The van der Waals surface area contributed by atoms with Gasteiger partial charge in [0.1, 0.15) is 5.75 Å². The molecule has 1 aromatic carbocycles. The molecule has 1 fully saturated rings. The molecule has 2 rings (SSSR count). The van der Waals surface area contributed by atoms with Crippen LogP contribution in [0.4, 0.5) is 18.9 Å². The molecule has 0 heterocycles. The van der Waals surface area contributed by atoms with Crippen LogP contribution in [0.25, 0.3) is 0 Å². The minimum Gasteiger partial charge on any atom is -0.406 e. The summed E-state index contributed by atoms with van der Waals surface area (Å²) in [6, 6.07) is 4.94. The Labute approximate surface area is 120 Å². The van der Waals surface area contributed by atoms with E-state index in [1.807, 2.05) is 0 Å². The van der Waals surface area contributed by atoms with Gasteiger partial charge in [-0.15, -0.1) is 13.2 Å². The van der Waals surface area contributed by atoms with E-state index in [4.69, 9.17) is 0 Å². The van der Waals surface area contributed by atoms with Gasteiger partial charge in [0.15, 0.2) is 0 Å². The number of nitrogens with one attached hydrogen (secondary N) is 2. The Balaban J connectivity index is 1.86. The first-order valence-corrected chi connectivity index (χ1v) is 7.98. The molecular formula is C12H15F3N2O3S. The third kappa shape index (κ3) is 6.21. The van der Waals surface area contributed by atoms with Gasteiger partial charge in [0.25, 0.3) is 0 Å². The maximum Gasteiger partial charge on any atom is 0.573 e. The quantitative estimate of drug-likeness (QED) is 0.806. The van der Waals surface area contributed by atoms with E-state index in [1.54, 1.807) is 0 Å². The minimum atomic E-state index is -4.77. The SMILES string of the molecule is O=S(=O)(CCNC1CC1)Nc1ccc(OC(F)(F)F)cc1. The minimum absolute atomic E-state index is 0.0930. The fourth-order valence-corrected chi connectivity index (χ4v) is 2.62. The van der Waals surface area contributed by atoms with Crippen LogP contribution >= 0.6 is 0 Å². The highest BCUT2D eigenvalue weighted by molar-refractivity contribution is 7.92. The summed E-state index contributed by atoms with van der Waals surface area (Å²) in [5, 5.41) is 3.07. The molecule has 1 saturated carbocycles. The topological polar surface area (TPSA) is 67.4 Å². The van der Waals surface area contributed by atoms with Crippen molar-refractivity contribution in [1.29, 1.82) is 0 Å². The lowest BCUT2D eigenvalue weighted by atomic mass is 10.3. The Kier molecular flexibility index (Phi) is 4.62. The number of hydrogen-bond donors (Lipinski definition) is 2. The van der Waals surface area contributed by atoms with Gasteiger partial charge in [0.05, 0.1) is 5.75 Å². The summed E-state index contributed by atoms with van der Waals surface area (Å²) in [7, 11) is -3.53. The summed E-state index contributed by atoms with van der Waals surface area (Å²) in [6.07, 6.45) is -2.64. The Bertz CT molecular complexity index is 568. The lowest BCUT2D eigenvalue weighted by Crippen LogP contribution is -2.28. The van der Waals surface area contributed by atoms with Crippen molar-refractivity contribution in [3.05, 3.63) is 24.3 Å². The summed E-state index contributed by atoms with van der Waals surface area (Å²) in [5.74, 6) is -0.495. The van der Waals surface area contributed by atoms with E-state index in [2.05, 4.69) is 14.8 Å². The van der Waals surface area contributed by atoms with E-state index in [-0.39, 0.29) is 11.4 Å². The number of ether oxygens (including phenoxy) is 1. The zero-order chi connectivity index (χ0) is 15.5. The standard InChI is InChI=1S/C12H15F3N2O3S/c13-12(14,15)20-11-5-3-10(4-6-11)17-21(18,19)8-7-16-9-1-2-9/h3-6,9,16-17H,1-2,7-8H2. The molecule has 0 saturated heterocycles. The van der Waals surface area contributed by atoms with Crippen molar-refractivity contribution in [1.82, 2.24) is 5.32 Å². The number of hydrogen-bond acceptors (Lipinski definition) is 4. The van der Waals surface area contributed by atoms with E-state index in [0.717, 1.165) is 25.0 Å². The largest absolute Gasteiger partial charge is 0.573 e. The van der Waals surface area contributed by atoms with Gasteiger partial charge in [-0.3, -0.25) is 4.72 Å². The molecular weight excluding hydrogens is 309 g/mol. The van der Waals surface area contributed by atoms with E-state index in [1.165, 1.54) is 12.1 Å². The number of halogens is 3. The highest BCUT2D eigenvalue weighted by Crippen LogP contribution is 2.24. The molecule has 0 spiro atoms. The van der Waals surface area contributed by atoms with Crippen LogP contribution in [0.5, 0.6) is 5.75 Å². The second kappa shape index (κ2) is 6.10. The van der Waals surface area contributed by atoms with E-state index < -0.39 is 22.1 Å². The highest BCUT2D eigenvalue weighted by Gasteiger charge is 2.31. The van der Waals surface area contributed by atoms with Crippen LogP contribution in [-0.4, -0.2) is 33.1 Å². The highest BCUT2D eigenvalue weighted by atomic mass is 32.2. The van der Waals surface area contributed by atoms with Crippen LogP contribution in [-0.2, 0) is 10.0 Å². The van der Waals surface area contributed by atoms with Gasteiger partial charge in [-0.25, -0.2) is 8.42 Å². The first-order valence-electron chi connectivity index (χ1n) is 6.33. The van der Waals surface area contributed by atoms with Crippen LogP contribution in [0.15, 0.2) is 24.3 Å². The molecule has 0 radical (unpaired) electrons. The second-order valence-corrected chi connectivity index (χ2v) is 6.56. The van der Waals surface area contributed by atoms with Gasteiger partial charge in [-0.2, -0.15) is 0 Å². The fourth-order valence-electron chi connectivity index (χ4n) is 1.64. The average Bonchev–Trinajstić information content (AvgIpc) is 3.13. The van der Waals surface area contributed by atoms with Gasteiger partial charge in [0.2, 0.25) is 10.0 Å².